The van der Waals surface area contributed by atoms with Gasteiger partial charge in [0.05, 0.1) is 5.56 Å². The quantitative estimate of drug-likeness (QED) is 0.269. The Morgan fingerprint density at radius 2 is 1.72 bits per heavy atom. The van der Waals surface area contributed by atoms with Gasteiger partial charge in [-0.25, -0.2) is 14.2 Å². The van der Waals surface area contributed by atoms with Crippen molar-refractivity contribution in [3.05, 3.63) is 53.6 Å². The Morgan fingerprint density at radius 1 is 1.06 bits per heavy atom. The molecule has 1 heterocycles. The van der Waals surface area contributed by atoms with Gasteiger partial charge >= 0.3 is 13.8 Å². The Balaban J connectivity index is 1.44. The average molecular weight is 537 g/mol. The van der Waals surface area contributed by atoms with Crippen LogP contribution in [-0.4, -0.2) is 38.4 Å². The molecular formula is C25H26ClO9P. The van der Waals surface area contributed by atoms with Crippen LogP contribution in [0.4, 0.5) is 0 Å². The molecule has 5 aliphatic rings. The van der Waals surface area contributed by atoms with E-state index in [1.807, 2.05) is 0 Å². The van der Waals surface area contributed by atoms with Gasteiger partial charge in [0.15, 0.2) is 5.60 Å². The summed E-state index contributed by atoms with van der Waals surface area (Å²) < 4.78 is 23.0. The number of carboxylic acid groups (broad SMARTS) is 1. The van der Waals surface area contributed by atoms with Gasteiger partial charge in [0, 0.05) is 23.1 Å². The number of alkyl halides is 1. The predicted octanol–water partition coefficient (Wildman–Crippen LogP) is 4.84. The van der Waals surface area contributed by atoms with E-state index in [-0.39, 0.29) is 28.0 Å². The van der Waals surface area contributed by atoms with Gasteiger partial charge in [-0.1, -0.05) is 24.3 Å². The molecule has 3 N–H and O–H groups in total. The van der Waals surface area contributed by atoms with Crippen LogP contribution in [0, 0.1) is 17.8 Å². The van der Waals surface area contributed by atoms with Crippen LogP contribution in [0.25, 0.3) is 11.1 Å². The third-order valence-corrected chi connectivity index (χ3v) is 9.35. The van der Waals surface area contributed by atoms with Crippen molar-refractivity contribution in [2.75, 3.05) is 7.11 Å². The van der Waals surface area contributed by atoms with Crippen LogP contribution >= 0.6 is 19.4 Å². The first-order chi connectivity index (χ1) is 17.0. The van der Waals surface area contributed by atoms with E-state index < -0.39 is 25.2 Å². The van der Waals surface area contributed by atoms with Crippen LogP contribution in [0.5, 0.6) is 5.75 Å². The molecule has 3 unspecified atom stereocenters. The molecule has 1 aliphatic heterocycles. The highest BCUT2D eigenvalue weighted by Crippen LogP contribution is 2.71. The lowest BCUT2D eigenvalue weighted by Crippen LogP contribution is -2.78. The molecular weight excluding hydrogens is 511 g/mol. The van der Waals surface area contributed by atoms with Crippen molar-refractivity contribution in [3.8, 4) is 16.9 Å². The Hall–Kier alpha value is -1.97. The summed E-state index contributed by atoms with van der Waals surface area (Å²) in [4.78, 5) is 42.0. The second-order valence-corrected chi connectivity index (χ2v) is 12.4. The SMILES string of the molecule is COC1(c2ccc(-c3ccc(C(=O)O)cc3)c(OP(=O)(O)O)c2)OOC12C1CC3CC2CC(Cl)(C3)C1. The first kappa shape index (κ1) is 24.4. The van der Waals surface area contributed by atoms with Crippen LogP contribution in [0.2, 0.25) is 0 Å². The molecule has 3 atom stereocenters. The highest BCUT2D eigenvalue weighted by atomic mass is 35.5. The third-order valence-electron chi connectivity index (χ3n) is 8.45. The standard InChI is InChI=1S/C25H26ClO9P/c1-32-25(24(34-35-25)18-8-14-9-19(24)13-23(26,11-14)12-18)17-6-7-20(21(10-17)33-36(29,30)31)15-2-4-16(5-3-15)22(27)28/h2-7,10,14,18-19H,8-9,11-13H2,1H3,(H,27,28)(H2,29,30,31). The lowest BCUT2D eigenvalue weighted by Gasteiger charge is -2.70. The van der Waals surface area contributed by atoms with Crippen molar-refractivity contribution in [1.82, 2.24) is 0 Å². The molecule has 0 aromatic heterocycles. The van der Waals surface area contributed by atoms with Crippen LogP contribution < -0.4 is 4.52 Å². The van der Waals surface area contributed by atoms with Crippen LogP contribution in [-0.2, 0) is 24.9 Å². The van der Waals surface area contributed by atoms with Crippen molar-refractivity contribution in [1.29, 1.82) is 0 Å². The first-order valence-electron chi connectivity index (χ1n) is 11.8. The van der Waals surface area contributed by atoms with E-state index in [1.54, 1.807) is 24.3 Å². The van der Waals surface area contributed by atoms with Crippen LogP contribution in [0.1, 0.15) is 48.0 Å². The molecule has 0 amide bonds. The Kier molecular flexibility index (Phi) is 5.42. The van der Waals surface area contributed by atoms with Gasteiger partial charge in [0.1, 0.15) is 5.75 Å². The fourth-order valence-electron chi connectivity index (χ4n) is 7.31. The monoisotopic (exact) mass is 536 g/mol. The molecule has 192 valence electrons. The van der Waals surface area contributed by atoms with Gasteiger partial charge in [-0.2, -0.15) is 4.89 Å². The number of benzene rings is 2. The summed E-state index contributed by atoms with van der Waals surface area (Å²) in [5.41, 5.74) is 0.750. The normalized spacial score (nSPS) is 36.6. The zero-order valence-electron chi connectivity index (χ0n) is 19.4. The minimum Gasteiger partial charge on any atom is -0.478 e. The Bertz CT molecular complexity index is 1250. The highest BCUT2D eigenvalue weighted by molar-refractivity contribution is 7.46. The smallest absolute Gasteiger partial charge is 0.478 e. The third kappa shape index (κ3) is 3.49. The van der Waals surface area contributed by atoms with Crippen molar-refractivity contribution >= 4 is 25.4 Å². The van der Waals surface area contributed by atoms with E-state index >= 15 is 0 Å². The number of phosphoric acid groups is 1. The molecule has 0 radical (unpaired) electrons. The fourth-order valence-corrected chi connectivity index (χ4v) is 8.30. The van der Waals surface area contributed by atoms with E-state index in [9.17, 15) is 24.3 Å². The van der Waals surface area contributed by atoms with Crippen molar-refractivity contribution in [2.45, 2.75) is 48.4 Å². The van der Waals surface area contributed by atoms with Gasteiger partial charge in [0.25, 0.3) is 5.79 Å². The molecule has 9 nitrogen and oxygen atoms in total. The Morgan fingerprint density at radius 3 is 2.22 bits per heavy atom. The molecule has 2 aromatic carbocycles. The lowest BCUT2D eigenvalue weighted by molar-refractivity contribution is -0.645. The number of hydrogen-bond donors (Lipinski definition) is 3. The van der Waals surface area contributed by atoms with E-state index in [1.165, 1.54) is 25.3 Å². The molecule has 7 rings (SSSR count). The minimum absolute atomic E-state index is 0.0800. The van der Waals surface area contributed by atoms with Crippen molar-refractivity contribution in [2.24, 2.45) is 17.8 Å². The maximum Gasteiger partial charge on any atom is 0.524 e. The van der Waals surface area contributed by atoms with Crippen LogP contribution in [0.3, 0.4) is 0 Å². The molecule has 11 heteroatoms. The minimum atomic E-state index is -4.93. The number of aromatic carboxylic acids is 1. The number of carbonyl (C=O) groups is 1. The number of ether oxygens (including phenoxy) is 1. The molecule has 1 saturated heterocycles. The second-order valence-electron chi connectivity index (χ2n) is 10.5. The van der Waals surface area contributed by atoms with Gasteiger partial charge in [0.2, 0.25) is 0 Å². The van der Waals surface area contributed by atoms with Crippen molar-refractivity contribution < 1.29 is 43.3 Å². The van der Waals surface area contributed by atoms with Crippen molar-refractivity contribution in [3.63, 3.8) is 0 Å². The molecule has 36 heavy (non-hydrogen) atoms. The molecule has 4 bridgehead atoms. The van der Waals surface area contributed by atoms with E-state index in [4.69, 9.17) is 30.6 Å². The number of carboxylic acids is 1. The first-order valence-corrected chi connectivity index (χ1v) is 13.7. The number of methoxy groups -OCH3 is 1. The fraction of sp³-hybridized carbons (Fsp3) is 0.480. The maximum atomic E-state index is 11.9. The molecule has 1 spiro atoms. The molecule has 2 aromatic rings. The van der Waals surface area contributed by atoms with E-state index in [0.29, 0.717) is 22.6 Å². The topological polar surface area (TPSA) is 132 Å². The maximum absolute atomic E-state index is 11.9. The van der Waals surface area contributed by atoms with Gasteiger partial charge < -0.3 is 14.4 Å². The zero-order valence-corrected chi connectivity index (χ0v) is 21.1. The summed E-state index contributed by atoms with van der Waals surface area (Å²) in [7, 11) is -3.39. The zero-order chi connectivity index (χ0) is 25.5. The number of halogens is 1. The summed E-state index contributed by atoms with van der Waals surface area (Å²) in [5.74, 6) is -1.68. The van der Waals surface area contributed by atoms with Gasteiger partial charge in [-0.05, 0) is 73.6 Å². The Labute approximate surface area is 212 Å². The van der Waals surface area contributed by atoms with E-state index in [0.717, 1.165) is 32.1 Å². The second kappa shape index (κ2) is 8.01. The van der Waals surface area contributed by atoms with Gasteiger partial charge in [-0.15, -0.1) is 11.6 Å². The average Bonchev–Trinajstić information content (AvgIpc) is 2.77. The summed E-state index contributed by atoms with van der Waals surface area (Å²) in [6, 6.07) is 10.9. The molecule has 4 saturated carbocycles. The predicted molar refractivity (Wildman–Crippen MR) is 127 cm³/mol. The highest BCUT2D eigenvalue weighted by Gasteiger charge is 2.78. The molecule has 5 fully saturated rings. The number of rotatable bonds is 6. The lowest BCUT2D eigenvalue weighted by atomic mass is 9.46. The summed E-state index contributed by atoms with van der Waals surface area (Å²) >= 11 is 6.96. The summed E-state index contributed by atoms with van der Waals surface area (Å²) in [5, 5.41) is 9.19. The van der Waals surface area contributed by atoms with Crippen LogP contribution in [0.15, 0.2) is 42.5 Å². The summed E-state index contributed by atoms with van der Waals surface area (Å²) in [6.45, 7) is 0. The molecule has 4 aliphatic carbocycles. The van der Waals surface area contributed by atoms with Gasteiger partial charge in [-0.3, -0.25) is 9.79 Å². The number of phosphoric ester groups is 1. The largest absolute Gasteiger partial charge is 0.524 e. The number of hydrogen-bond acceptors (Lipinski definition) is 6. The van der Waals surface area contributed by atoms with E-state index in [2.05, 4.69) is 0 Å². The summed E-state index contributed by atoms with van der Waals surface area (Å²) in [6.07, 6.45) is 4.50.